The molecule has 2 fully saturated rings. The number of anilines is 1. The lowest BCUT2D eigenvalue weighted by Crippen LogP contribution is -2.49. The minimum atomic E-state index is 0. The first-order valence-electron chi connectivity index (χ1n) is 9.26. The smallest absolute Gasteiger partial charge is 0.191 e. The van der Waals surface area contributed by atoms with E-state index in [1.807, 2.05) is 18.4 Å². The van der Waals surface area contributed by atoms with E-state index in [1.54, 1.807) is 0 Å². The fourth-order valence-electron chi connectivity index (χ4n) is 3.69. The minimum Gasteiger partial charge on any atom is -0.363 e. The Bertz CT molecular complexity index is 514. The van der Waals surface area contributed by atoms with Gasteiger partial charge in [0, 0.05) is 39.3 Å². The van der Waals surface area contributed by atoms with Gasteiger partial charge in [-0.3, -0.25) is 4.99 Å². The van der Waals surface area contributed by atoms with Crippen LogP contribution in [0.1, 0.15) is 26.2 Å². The largest absolute Gasteiger partial charge is 0.363 e. The van der Waals surface area contributed by atoms with E-state index in [-0.39, 0.29) is 24.0 Å². The van der Waals surface area contributed by atoms with Crippen LogP contribution in [0, 0.1) is 5.92 Å². The van der Waals surface area contributed by atoms with Gasteiger partial charge >= 0.3 is 0 Å². The molecule has 0 amide bonds. The van der Waals surface area contributed by atoms with Crippen LogP contribution in [0.4, 0.5) is 5.00 Å². The summed E-state index contributed by atoms with van der Waals surface area (Å²) < 4.78 is 0. The molecular weight excluding hydrogens is 445 g/mol. The number of guanidine groups is 1. The maximum atomic E-state index is 4.42. The number of halogens is 1. The number of thiophene rings is 1. The zero-order chi connectivity index (χ0) is 16.8. The summed E-state index contributed by atoms with van der Waals surface area (Å²) in [6.45, 7) is 9.18. The van der Waals surface area contributed by atoms with Crippen LogP contribution in [0.15, 0.2) is 22.5 Å². The van der Waals surface area contributed by atoms with Crippen molar-refractivity contribution in [2.45, 2.75) is 32.2 Å². The van der Waals surface area contributed by atoms with Gasteiger partial charge in [-0.25, -0.2) is 0 Å². The van der Waals surface area contributed by atoms with Crippen LogP contribution in [0.2, 0.25) is 0 Å². The molecule has 1 aromatic heterocycles. The van der Waals surface area contributed by atoms with Crippen molar-refractivity contribution in [1.82, 2.24) is 15.5 Å². The molecule has 0 aromatic carbocycles. The van der Waals surface area contributed by atoms with E-state index in [9.17, 15) is 0 Å². The predicted octanol–water partition coefficient (Wildman–Crippen LogP) is 2.84. The van der Waals surface area contributed by atoms with Crippen molar-refractivity contribution in [2.75, 3.05) is 51.2 Å². The molecule has 142 valence electrons. The maximum Gasteiger partial charge on any atom is 0.191 e. The Hall–Kier alpha value is -0.540. The van der Waals surface area contributed by atoms with Crippen molar-refractivity contribution >= 4 is 46.3 Å². The third-order valence-electron chi connectivity index (χ3n) is 5.25. The molecule has 0 saturated carbocycles. The third kappa shape index (κ3) is 5.99. The fourth-order valence-corrected chi connectivity index (χ4v) is 4.48. The van der Waals surface area contributed by atoms with Crippen LogP contribution in [0.5, 0.6) is 0 Å². The van der Waals surface area contributed by atoms with Crippen molar-refractivity contribution in [2.24, 2.45) is 10.9 Å². The summed E-state index contributed by atoms with van der Waals surface area (Å²) in [5.74, 6) is 1.73. The highest BCUT2D eigenvalue weighted by molar-refractivity contribution is 14.0. The van der Waals surface area contributed by atoms with Gasteiger partial charge in [-0.05, 0) is 55.8 Å². The molecule has 2 aliphatic rings. The number of hydrogen-bond donors (Lipinski definition) is 2. The molecule has 1 unspecified atom stereocenters. The van der Waals surface area contributed by atoms with Crippen molar-refractivity contribution < 1.29 is 0 Å². The second kappa shape index (κ2) is 10.6. The molecule has 25 heavy (non-hydrogen) atoms. The van der Waals surface area contributed by atoms with Crippen LogP contribution in [-0.2, 0) is 0 Å². The molecule has 0 bridgehead atoms. The standard InChI is InChI=1S/C18H31N5S.HI/c1-3-22-9-6-15(14-22)13-20-18(19-2)21-16-7-10-23(11-8-16)17-5-4-12-24-17;/h4-5,12,15-16H,3,6-11,13-14H2,1-2H3,(H2,19,20,21);1H. The topological polar surface area (TPSA) is 42.9 Å². The van der Waals surface area contributed by atoms with Crippen molar-refractivity contribution in [3.05, 3.63) is 17.5 Å². The molecule has 0 spiro atoms. The molecule has 2 N–H and O–H groups in total. The van der Waals surface area contributed by atoms with Gasteiger partial charge in [-0.15, -0.1) is 35.3 Å². The normalized spacial score (nSPS) is 22.7. The third-order valence-corrected chi connectivity index (χ3v) is 6.18. The summed E-state index contributed by atoms with van der Waals surface area (Å²) in [5.41, 5.74) is 0. The SMILES string of the molecule is CCN1CCC(CNC(=NC)NC2CCN(c3cccs3)CC2)C1.I. The van der Waals surface area contributed by atoms with Crippen molar-refractivity contribution in [3.63, 3.8) is 0 Å². The molecule has 3 rings (SSSR count). The van der Waals surface area contributed by atoms with Crippen LogP contribution in [-0.4, -0.2) is 63.2 Å². The number of piperidine rings is 1. The highest BCUT2D eigenvalue weighted by Crippen LogP contribution is 2.24. The first-order chi connectivity index (χ1) is 11.8. The number of nitrogens with one attached hydrogen (secondary N) is 2. The second-order valence-electron chi connectivity index (χ2n) is 6.86. The van der Waals surface area contributed by atoms with Crippen LogP contribution < -0.4 is 15.5 Å². The molecule has 3 heterocycles. The van der Waals surface area contributed by atoms with E-state index in [0.29, 0.717) is 6.04 Å². The number of nitrogens with zero attached hydrogens (tertiary/aromatic N) is 3. The van der Waals surface area contributed by atoms with E-state index in [0.717, 1.165) is 31.5 Å². The van der Waals surface area contributed by atoms with Gasteiger partial charge in [0.2, 0.25) is 0 Å². The van der Waals surface area contributed by atoms with Crippen molar-refractivity contribution in [3.8, 4) is 0 Å². The first kappa shape index (κ1) is 20.8. The summed E-state index contributed by atoms with van der Waals surface area (Å²) >= 11 is 1.84. The Labute approximate surface area is 173 Å². The number of rotatable bonds is 5. The Kier molecular flexibility index (Phi) is 8.78. The monoisotopic (exact) mass is 477 g/mol. The van der Waals surface area contributed by atoms with Gasteiger partial charge in [0.25, 0.3) is 0 Å². The average molecular weight is 477 g/mol. The van der Waals surface area contributed by atoms with Gasteiger partial charge in [-0.2, -0.15) is 0 Å². The van der Waals surface area contributed by atoms with Gasteiger partial charge < -0.3 is 20.4 Å². The molecule has 2 saturated heterocycles. The lowest BCUT2D eigenvalue weighted by Gasteiger charge is -2.33. The van der Waals surface area contributed by atoms with Crippen LogP contribution >= 0.6 is 35.3 Å². The van der Waals surface area contributed by atoms with E-state index < -0.39 is 0 Å². The van der Waals surface area contributed by atoms with Gasteiger partial charge in [0.05, 0.1) is 5.00 Å². The van der Waals surface area contributed by atoms with Crippen LogP contribution in [0.3, 0.4) is 0 Å². The Morgan fingerprint density at radius 1 is 1.28 bits per heavy atom. The highest BCUT2D eigenvalue weighted by atomic mass is 127. The number of likely N-dealkylation sites (tertiary alicyclic amines) is 1. The van der Waals surface area contributed by atoms with E-state index in [4.69, 9.17) is 0 Å². The lowest BCUT2D eigenvalue weighted by molar-refractivity contribution is 0.341. The summed E-state index contributed by atoms with van der Waals surface area (Å²) in [4.78, 5) is 9.45. The highest BCUT2D eigenvalue weighted by Gasteiger charge is 2.23. The number of hydrogen-bond acceptors (Lipinski definition) is 4. The Balaban J connectivity index is 0.00000225. The van der Waals surface area contributed by atoms with Crippen molar-refractivity contribution in [1.29, 1.82) is 0 Å². The molecule has 1 aromatic rings. The molecule has 1 atom stereocenters. The Morgan fingerprint density at radius 3 is 2.68 bits per heavy atom. The van der Waals surface area contributed by atoms with Gasteiger partial charge in [0.15, 0.2) is 5.96 Å². The fraction of sp³-hybridized carbons (Fsp3) is 0.722. The lowest BCUT2D eigenvalue weighted by atomic mass is 10.1. The molecule has 0 aliphatic carbocycles. The zero-order valence-corrected chi connectivity index (χ0v) is 18.6. The van der Waals surface area contributed by atoms with Gasteiger partial charge in [-0.1, -0.05) is 6.92 Å². The quantitative estimate of drug-likeness (QED) is 0.389. The van der Waals surface area contributed by atoms with E-state index in [1.165, 1.54) is 43.9 Å². The summed E-state index contributed by atoms with van der Waals surface area (Å²) in [5, 5.41) is 10.7. The summed E-state index contributed by atoms with van der Waals surface area (Å²) in [7, 11) is 1.88. The molecule has 7 heteroatoms. The Morgan fingerprint density at radius 2 is 2.08 bits per heavy atom. The maximum absolute atomic E-state index is 4.42. The van der Waals surface area contributed by atoms with E-state index in [2.05, 4.69) is 49.9 Å². The predicted molar refractivity (Wildman–Crippen MR) is 120 cm³/mol. The zero-order valence-electron chi connectivity index (χ0n) is 15.4. The minimum absolute atomic E-state index is 0. The molecule has 0 radical (unpaired) electrons. The summed E-state index contributed by atoms with van der Waals surface area (Å²) in [6.07, 6.45) is 3.65. The average Bonchev–Trinajstić information content (AvgIpc) is 3.30. The first-order valence-corrected chi connectivity index (χ1v) is 10.1. The molecule has 2 aliphatic heterocycles. The number of aliphatic imine (C=N–C) groups is 1. The van der Waals surface area contributed by atoms with E-state index >= 15 is 0 Å². The second-order valence-corrected chi connectivity index (χ2v) is 7.78. The molecular formula is C18H32IN5S. The summed E-state index contributed by atoms with van der Waals surface area (Å²) in [6, 6.07) is 4.89. The molecule has 5 nitrogen and oxygen atoms in total. The van der Waals surface area contributed by atoms with Gasteiger partial charge in [0.1, 0.15) is 0 Å². The van der Waals surface area contributed by atoms with Crippen LogP contribution in [0.25, 0.3) is 0 Å².